The number of aliphatic hydroxyl groups is 3. The maximum absolute atomic E-state index is 10.2. The molecule has 0 bridgehead atoms. The van der Waals surface area contributed by atoms with Crippen LogP contribution in [0.5, 0.6) is 0 Å². The minimum Gasteiger partial charge on any atom is -0.396 e. The van der Waals surface area contributed by atoms with Crippen LogP contribution in [-0.2, 0) is 0 Å². The first-order valence-electron chi connectivity index (χ1n) is 9.51. The Morgan fingerprint density at radius 2 is 1.39 bits per heavy atom. The van der Waals surface area contributed by atoms with Crippen LogP contribution in [0.1, 0.15) is 70.6 Å². The molecule has 0 aromatic rings. The fraction of sp³-hybridized carbons (Fsp3) is 0.800. The van der Waals surface area contributed by atoms with E-state index < -0.39 is 0 Å². The van der Waals surface area contributed by atoms with Crippen LogP contribution >= 0.6 is 0 Å². The predicted octanol–water partition coefficient (Wildman–Crippen LogP) is 3.98. The zero-order chi connectivity index (χ0) is 16.8. The molecule has 23 heavy (non-hydrogen) atoms. The zero-order valence-electron chi connectivity index (χ0n) is 14.6. The Morgan fingerprint density at radius 1 is 0.739 bits per heavy atom. The Bertz CT molecular complexity index is 325. The lowest BCUT2D eigenvalue weighted by Gasteiger charge is -2.17. The number of rotatable bonds is 13. The van der Waals surface area contributed by atoms with E-state index >= 15 is 0 Å². The summed E-state index contributed by atoms with van der Waals surface area (Å²) in [7, 11) is 0. The van der Waals surface area contributed by atoms with Crippen LogP contribution in [0.3, 0.4) is 0 Å². The third-order valence-corrected chi connectivity index (χ3v) is 4.86. The van der Waals surface area contributed by atoms with Gasteiger partial charge in [0.15, 0.2) is 0 Å². The monoisotopic (exact) mass is 324 g/mol. The van der Waals surface area contributed by atoms with Gasteiger partial charge in [-0.2, -0.15) is 0 Å². The van der Waals surface area contributed by atoms with Gasteiger partial charge in [0.2, 0.25) is 0 Å². The highest BCUT2D eigenvalue weighted by atomic mass is 16.3. The van der Waals surface area contributed by atoms with E-state index in [9.17, 15) is 5.11 Å². The molecule has 0 amide bonds. The molecular formula is C20H36O3. The molecule has 0 radical (unpaired) electrons. The third kappa shape index (κ3) is 9.29. The lowest BCUT2D eigenvalue weighted by molar-refractivity contribution is 0.125. The summed E-state index contributed by atoms with van der Waals surface area (Å²) in [6, 6.07) is 0. The SMILES string of the molecule is OCCCC/C=C/C[C@H]1[C@H](O)CC[C@H]1C=CCCCCCCO. The van der Waals surface area contributed by atoms with Gasteiger partial charge in [0.1, 0.15) is 0 Å². The third-order valence-electron chi connectivity index (χ3n) is 4.86. The van der Waals surface area contributed by atoms with Crippen molar-refractivity contribution < 1.29 is 15.3 Å². The summed E-state index contributed by atoms with van der Waals surface area (Å²) in [4.78, 5) is 0. The van der Waals surface area contributed by atoms with Gasteiger partial charge in [0.05, 0.1) is 6.10 Å². The molecule has 1 fully saturated rings. The second kappa shape index (κ2) is 13.8. The van der Waals surface area contributed by atoms with Gasteiger partial charge in [0.25, 0.3) is 0 Å². The second-order valence-corrected chi connectivity index (χ2v) is 6.75. The van der Waals surface area contributed by atoms with Crippen molar-refractivity contribution in [3.63, 3.8) is 0 Å². The quantitative estimate of drug-likeness (QED) is 0.355. The zero-order valence-corrected chi connectivity index (χ0v) is 14.6. The Morgan fingerprint density at radius 3 is 2.17 bits per heavy atom. The number of allylic oxidation sites excluding steroid dienone is 4. The summed E-state index contributed by atoms with van der Waals surface area (Å²) in [5, 5.41) is 27.7. The predicted molar refractivity (Wildman–Crippen MR) is 96.2 cm³/mol. The molecule has 0 saturated heterocycles. The maximum atomic E-state index is 10.2. The first kappa shape index (κ1) is 20.4. The van der Waals surface area contributed by atoms with Crippen LogP contribution in [-0.4, -0.2) is 34.6 Å². The highest BCUT2D eigenvalue weighted by Gasteiger charge is 2.32. The molecule has 1 aliphatic carbocycles. The Balaban J connectivity index is 2.22. The molecule has 3 N–H and O–H groups in total. The van der Waals surface area contributed by atoms with Gasteiger partial charge >= 0.3 is 0 Å². The average molecular weight is 325 g/mol. The van der Waals surface area contributed by atoms with Gasteiger partial charge < -0.3 is 15.3 Å². The summed E-state index contributed by atoms with van der Waals surface area (Å²) in [6.07, 6.45) is 20.4. The van der Waals surface area contributed by atoms with Gasteiger partial charge in [-0.25, -0.2) is 0 Å². The summed E-state index contributed by atoms with van der Waals surface area (Å²) in [6.45, 7) is 0.590. The molecule has 0 aromatic carbocycles. The van der Waals surface area contributed by atoms with Gasteiger partial charge in [-0.05, 0) is 69.6 Å². The molecule has 0 spiro atoms. The van der Waals surface area contributed by atoms with Gasteiger partial charge in [-0.1, -0.05) is 37.1 Å². The molecule has 1 saturated carbocycles. The van der Waals surface area contributed by atoms with E-state index in [1.807, 2.05) is 0 Å². The van der Waals surface area contributed by atoms with Crippen LogP contribution in [0.25, 0.3) is 0 Å². The Hall–Kier alpha value is -0.640. The van der Waals surface area contributed by atoms with E-state index in [-0.39, 0.29) is 12.7 Å². The second-order valence-electron chi connectivity index (χ2n) is 6.75. The van der Waals surface area contributed by atoms with Crippen LogP contribution in [0.2, 0.25) is 0 Å². The fourth-order valence-electron chi connectivity index (χ4n) is 3.39. The molecule has 3 heteroatoms. The van der Waals surface area contributed by atoms with Crippen LogP contribution < -0.4 is 0 Å². The van der Waals surface area contributed by atoms with Crippen LogP contribution in [0.4, 0.5) is 0 Å². The molecule has 0 aliphatic heterocycles. The van der Waals surface area contributed by atoms with Crippen molar-refractivity contribution >= 4 is 0 Å². The number of aliphatic hydroxyl groups excluding tert-OH is 3. The van der Waals surface area contributed by atoms with E-state index in [4.69, 9.17) is 10.2 Å². The van der Waals surface area contributed by atoms with Crippen molar-refractivity contribution in [1.82, 2.24) is 0 Å². The molecular weight excluding hydrogens is 288 g/mol. The topological polar surface area (TPSA) is 60.7 Å². The van der Waals surface area contributed by atoms with Gasteiger partial charge in [-0.15, -0.1) is 0 Å². The summed E-state index contributed by atoms with van der Waals surface area (Å²) < 4.78 is 0. The Kier molecular flexibility index (Phi) is 12.2. The first-order chi connectivity index (χ1) is 11.3. The first-order valence-corrected chi connectivity index (χ1v) is 9.51. The van der Waals surface area contributed by atoms with E-state index in [1.165, 1.54) is 12.8 Å². The van der Waals surface area contributed by atoms with E-state index in [0.29, 0.717) is 18.4 Å². The van der Waals surface area contributed by atoms with Crippen LogP contribution in [0, 0.1) is 11.8 Å². The molecule has 134 valence electrons. The highest BCUT2D eigenvalue weighted by molar-refractivity contribution is 5.00. The van der Waals surface area contributed by atoms with Crippen molar-refractivity contribution in [2.24, 2.45) is 11.8 Å². The molecule has 3 nitrogen and oxygen atoms in total. The van der Waals surface area contributed by atoms with Gasteiger partial charge in [0, 0.05) is 13.2 Å². The van der Waals surface area contributed by atoms with Gasteiger partial charge in [-0.3, -0.25) is 0 Å². The largest absolute Gasteiger partial charge is 0.396 e. The lowest BCUT2D eigenvalue weighted by Crippen LogP contribution is -2.17. The van der Waals surface area contributed by atoms with E-state index in [1.54, 1.807) is 0 Å². The minimum absolute atomic E-state index is 0.156. The highest BCUT2D eigenvalue weighted by Crippen LogP contribution is 2.36. The van der Waals surface area contributed by atoms with Crippen molar-refractivity contribution in [3.8, 4) is 0 Å². The minimum atomic E-state index is -0.156. The van der Waals surface area contributed by atoms with Crippen molar-refractivity contribution in [2.45, 2.75) is 76.7 Å². The van der Waals surface area contributed by atoms with Crippen molar-refractivity contribution in [1.29, 1.82) is 0 Å². The van der Waals surface area contributed by atoms with Crippen molar-refractivity contribution in [3.05, 3.63) is 24.3 Å². The standard InChI is InChI=1S/C20H36O3/c21-16-10-6-2-1-4-8-12-18-14-15-20(23)19(18)13-9-5-3-7-11-17-22/h5,8-9,12,18-23H,1-4,6-7,10-11,13-17H2/b9-5+,12-8?/t18-,19-,20-/m1/s1. The molecule has 0 aromatic heterocycles. The molecule has 3 atom stereocenters. The average Bonchev–Trinajstić information content (AvgIpc) is 2.90. The fourth-order valence-corrected chi connectivity index (χ4v) is 3.39. The summed E-state index contributed by atoms with van der Waals surface area (Å²) in [5.74, 6) is 0.888. The normalized spacial score (nSPS) is 25.1. The van der Waals surface area contributed by atoms with E-state index in [2.05, 4.69) is 24.3 Å². The molecule has 0 unspecified atom stereocenters. The van der Waals surface area contributed by atoms with E-state index in [0.717, 1.165) is 57.8 Å². The van der Waals surface area contributed by atoms with Crippen LogP contribution in [0.15, 0.2) is 24.3 Å². The summed E-state index contributed by atoms with van der Waals surface area (Å²) in [5.41, 5.74) is 0. The smallest absolute Gasteiger partial charge is 0.0577 e. The molecule has 0 heterocycles. The molecule has 1 rings (SSSR count). The molecule has 1 aliphatic rings. The Labute approximate surface area is 142 Å². The lowest BCUT2D eigenvalue weighted by atomic mass is 9.90. The summed E-state index contributed by atoms with van der Waals surface area (Å²) >= 11 is 0. The number of unbranched alkanes of at least 4 members (excludes halogenated alkanes) is 6. The number of hydrogen-bond acceptors (Lipinski definition) is 3. The van der Waals surface area contributed by atoms with Crippen molar-refractivity contribution in [2.75, 3.05) is 13.2 Å². The number of hydrogen-bond donors (Lipinski definition) is 3. The maximum Gasteiger partial charge on any atom is 0.0577 e.